The minimum absolute atomic E-state index is 0.171. The number of hydrogen-bond donors (Lipinski definition) is 2. The number of nitrogens with one attached hydrogen (secondary N) is 2. The highest BCUT2D eigenvalue weighted by atomic mass is 15.3. The van der Waals surface area contributed by atoms with Crippen LogP contribution >= 0.6 is 0 Å². The average molecular weight is 398 g/mol. The Labute approximate surface area is 172 Å². The lowest BCUT2D eigenvalue weighted by molar-refractivity contribution is 0.182. The maximum Gasteiger partial charge on any atom is 0.211 e. The summed E-state index contributed by atoms with van der Waals surface area (Å²) in [6.07, 6.45) is 4.79. The van der Waals surface area contributed by atoms with Crippen LogP contribution in [-0.2, 0) is 0 Å². The van der Waals surface area contributed by atoms with Gasteiger partial charge in [0, 0.05) is 37.4 Å². The fourth-order valence-corrected chi connectivity index (χ4v) is 3.51. The van der Waals surface area contributed by atoms with E-state index in [-0.39, 0.29) is 6.04 Å². The van der Waals surface area contributed by atoms with Crippen molar-refractivity contribution in [1.82, 2.24) is 34.4 Å². The van der Waals surface area contributed by atoms with Gasteiger partial charge in [-0.3, -0.25) is 9.47 Å². The smallest absolute Gasteiger partial charge is 0.211 e. The van der Waals surface area contributed by atoms with Crippen LogP contribution in [0.4, 0.5) is 17.6 Å². The minimum atomic E-state index is 0.171. The number of anilines is 3. The number of fused-ring (bicyclic) bond motifs is 1. The molecule has 2 N–H and O–H groups in total. The predicted molar refractivity (Wildman–Crippen MR) is 116 cm³/mol. The molecule has 0 unspecified atom stereocenters. The molecule has 0 atom stereocenters. The molecule has 0 aliphatic carbocycles. The number of nitrogens with zero attached hydrogens (tertiary/aromatic N) is 7. The third kappa shape index (κ3) is 4.79. The fourth-order valence-electron chi connectivity index (χ4n) is 3.51. The summed E-state index contributed by atoms with van der Waals surface area (Å²) in [6, 6.07) is 2.96. The van der Waals surface area contributed by atoms with Gasteiger partial charge in [0.1, 0.15) is 18.5 Å². The lowest BCUT2D eigenvalue weighted by atomic mass is 10.2. The number of aromatic nitrogens is 6. The lowest BCUT2D eigenvalue weighted by Gasteiger charge is -2.30. The Hall–Kier alpha value is -2.81. The molecule has 0 aromatic carbocycles. The first-order valence-corrected chi connectivity index (χ1v) is 10.1. The Morgan fingerprint density at radius 1 is 1.00 bits per heavy atom. The zero-order chi connectivity index (χ0) is 21.0. The number of imidazole rings is 1. The first-order chi connectivity index (χ1) is 13.9. The second kappa shape index (κ2) is 9.13. The quantitative estimate of drug-likeness (QED) is 0.566. The van der Waals surface area contributed by atoms with E-state index >= 15 is 0 Å². The molecule has 9 nitrogen and oxygen atoms in total. The number of hydrogen-bond acceptors (Lipinski definition) is 8. The van der Waals surface area contributed by atoms with Gasteiger partial charge >= 0.3 is 0 Å². The van der Waals surface area contributed by atoms with Crippen molar-refractivity contribution in [1.29, 1.82) is 0 Å². The summed E-state index contributed by atoms with van der Waals surface area (Å²) < 4.78 is 2.05. The Kier molecular flexibility index (Phi) is 6.58. The molecule has 0 bridgehead atoms. The van der Waals surface area contributed by atoms with E-state index in [0.717, 1.165) is 30.1 Å². The molecule has 0 aliphatic heterocycles. The molecular formula is C20H31N9. The Balaban J connectivity index is 1.87. The van der Waals surface area contributed by atoms with Crippen LogP contribution in [0.3, 0.4) is 0 Å². The molecule has 29 heavy (non-hydrogen) atoms. The van der Waals surface area contributed by atoms with E-state index in [4.69, 9.17) is 4.98 Å². The Morgan fingerprint density at radius 3 is 2.38 bits per heavy atom. The molecule has 3 aromatic rings. The summed E-state index contributed by atoms with van der Waals surface area (Å²) in [5.41, 5.74) is 1.54. The van der Waals surface area contributed by atoms with E-state index in [2.05, 4.69) is 81.6 Å². The molecular weight excluding hydrogens is 366 g/mol. The van der Waals surface area contributed by atoms with Crippen LogP contribution in [0.2, 0.25) is 0 Å². The van der Waals surface area contributed by atoms with Gasteiger partial charge in [0.25, 0.3) is 0 Å². The van der Waals surface area contributed by atoms with Crippen LogP contribution in [0.1, 0.15) is 47.6 Å². The van der Waals surface area contributed by atoms with Crippen molar-refractivity contribution in [2.45, 2.75) is 59.7 Å². The average Bonchev–Trinajstić information content (AvgIpc) is 3.04. The van der Waals surface area contributed by atoms with Gasteiger partial charge in [-0.15, -0.1) is 0 Å². The van der Waals surface area contributed by atoms with E-state index in [1.165, 1.54) is 6.33 Å². The molecule has 3 rings (SSSR count). The van der Waals surface area contributed by atoms with Crippen molar-refractivity contribution in [3.05, 3.63) is 24.9 Å². The van der Waals surface area contributed by atoms with Crippen molar-refractivity contribution in [3.8, 4) is 0 Å². The third-order valence-electron chi connectivity index (χ3n) is 4.80. The molecule has 0 aliphatic rings. The summed E-state index contributed by atoms with van der Waals surface area (Å²) in [6.45, 7) is 14.8. The highest BCUT2D eigenvalue weighted by Crippen LogP contribution is 2.27. The van der Waals surface area contributed by atoms with E-state index in [1.54, 1.807) is 18.6 Å². The largest absolute Gasteiger partial charge is 0.367 e. The van der Waals surface area contributed by atoms with Crippen molar-refractivity contribution in [3.63, 3.8) is 0 Å². The Bertz CT molecular complexity index is 910. The van der Waals surface area contributed by atoms with Crippen LogP contribution < -0.4 is 10.6 Å². The van der Waals surface area contributed by atoms with Gasteiger partial charge in [0.15, 0.2) is 17.0 Å². The van der Waals surface area contributed by atoms with Crippen LogP contribution in [0.25, 0.3) is 11.2 Å². The number of rotatable bonds is 9. The van der Waals surface area contributed by atoms with Crippen LogP contribution in [-0.4, -0.2) is 59.6 Å². The van der Waals surface area contributed by atoms with Crippen LogP contribution in [0, 0.1) is 0 Å². The van der Waals surface area contributed by atoms with Gasteiger partial charge in [-0.25, -0.2) is 24.9 Å². The maximum atomic E-state index is 4.79. The molecule has 0 fully saturated rings. The zero-order valence-corrected chi connectivity index (χ0v) is 18.1. The van der Waals surface area contributed by atoms with Gasteiger partial charge in [-0.05, 0) is 47.6 Å². The first kappa shape index (κ1) is 20.9. The lowest BCUT2D eigenvalue weighted by Crippen LogP contribution is -2.40. The summed E-state index contributed by atoms with van der Waals surface area (Å²) in [5.74, 6) is 2.11. The molecule has 0 saturated carbocycles. The first-order valence-electron chi connectivity index (χ1n) is 10.1. The highest BCUT2D eigenvalue weighted by Gasteiger charge is 2.19. The SMILES string of the molecule is CC(C)N(CCNc1ncnc2c1nc(Nc1ccncn1)n2C(C)C)C(C)C. The topological polar surface area (TPSA) is 96.7 Å². The highest BCUT2D eigenvalue weighted by molar-refractivity contribution is 5.85. The molecule has 0 radical (unpaired) electrons. The van der Waals surface area contributed by atoms with Crippen LogP contribution in [0.5, 0.6) is 0 Å². The monoisotopic (exact) mass is 397 g/mol. The molecule has 3 heterocycles. The molecule has 9 heteroatoms. The fraction of sp³-hybridized carbons (Fsp3) is 0.550. The summed E-state index contributed by atoms with van der Waals surface area (Å²) >= 11 is 0. The van der Waals surface area contributed by atoms with E-state index in [9.17, 15) is 0 Å². The van der Waals surface area contributed by atoms with E-state index < -0.39 is 0 Å². The van der Waals surface area contributed by atoms with Crippen molar-refractivity contribution < 1.29 is 0 Å². The molecule has 0 saturated heterocycles. The van der Waals surface area contributed by atoms with Gasteiger partial charge < -0.3 is 10.6 Å². The molecule has 3 aromatic heterocycles. The summed E-state index contributed by atoms with van der Waals surface area (Å²) in [5, 5.41) is 6.72. The second-order valence-electron chi connectivity index (χ2n) is 7.87. The van der Waals surface area contributed by atoms with Crippen molar-refractivity contribution in [2.24, 2.45) is 0 Å². The summed E-state index contributed by atoms with van der Waals surface area (Å²) in [7, 11) is 0. The molecule has 156 valence electrons. The van der Waals surface area contributed by atoms with Gasteiger partial charge in [0.2, 0.25) is 5.95 Å². The van der Waals surface area contributed by atoms with Crippen molar-refractivity contribution in [2.75, 3.05) is 23.7 Å². The zero-order valence-electron chi connectivity index (χ0n) is 18.1. The summed E-state index contributed by atoms with van der Waals surface area (Å²) in [4.78, 5) is 24.4. The molecule has 0 spiro atoms. The van der Waals surface area contributed by atoms with Gasteiger partial charge in [-0.2, -0.15) is 0 Å². The standard InChI is InChI=1S/C20H31N9/c1-13(2)28(14(3)4)10-9-22-18-17-19(25-12-24-18)29(15(5)6)20(27-17)26-16-7-8-21-11-23-16/h7-8,11-15H,9-10H2,1-6H3,(H,22,24,25)(H,21,23,26,27). The molecule has 0 amide bonds. The van der Waals surface area contributed by atoms with E-state index in [0.29, 0.717) is 23.8 Å². The van der Waals surface area contributed by atoms with Crippen LogP contribution in [0.15, 0.2) is 24.9 Å². The maximum absolute atomic E-state index is 4.79. The van der Waals surface area contributed by atoms with Crippen molar-refractivity contribution >= 4 is 28.7 Å². The normalized spacial score (nSPS) is 11.9. The minimum Gasteiger partial charge on any atom is -0.367 e. The second-order valence-corrected chi connectivity index (χ2v) is 7.87. The predicted octanol–water partition coefficient (Wildman–Crippen LogP) is 3.47. The third-order valence-corrected chi connectivity index (χ3v) is 4.80. The van der Waals surface area contributed by atoms with Gasteiger partial charge in [0.05, 0.1) is 0 Å². The van der Waals surface area contributed by atoms with E-state index in [1.807, 2.05) is 0 Å². The van der Waals surface area contributed by atoms with Gasteiger partial charge in [-0.1, -0.05) is 0 Å². The Morgan fingerprint density at radius 2 is 1.76 bits per heavy atom.